The highest BCUT2D eigenvalue weighted by atomic mass is 19.3. The molecule has 10 nitrogen and oxygen atoms in total. The number of hydrazine groups is 1. The van der Waals surface area contributed by atoms with Crippen LogP contribution in [0.1, 0.15) is 43.9 Å². The predicted molar refractivity (Wildman–Crippen MR) is 159 cm³/mol. The van der Waals surface area contributed by atoms with Crippen molar-refractivity contribution in [1.82, 2.24) is 19.5 Å². The molecule has 2 heterocycles. The van der Waals surface area contributed by atoms with Crippen LogP contribution in [0.25, 0.3) is 21.7 Å². The predicted octanol–water partition coefficient (Wildman–Crippen LogP) is 4.35. The molecule has 5 rings (SSSR count). The van der Waals surface area contributed by atoms with Crippen LogP contribution in [0.2, 0.25) is 0 Å². The lowest BCUT2D eigenvalue weighted by molar-refractivity contribution is 0.0305. The van der Waals surface area contributed by atoms with E-state index in [0.29, 0.717) is 56.8 Å². The van der Waals surface area contributed by atoms with E-state index in [0.717, 1.165) is 5.01 Å². The molecule has 0 bridgehead atoms. The molecule has 1 fully saturated rings. The maximum Gasteiger partial charge on any atom is 0.262 e. The van der Waals surface area contributed by atoms with Crippen LogP contribution in [0.15, 0.2) is 65.6 Å². The molecular formula is C30H33F2N9O. The molecule has 0 spiro atoms. The summed E-state index contributed by atoms with van der Waals surface area (Å²) in [4.78, 5) is 21.7. The number of fused-ring (bicyclic) bond motifs is 2. The largest absolute Gasteiger partial charge is 0.399 e. The average molecular weight is 574 g/mol. The number of anilines is 2. The van der Waals surface area contributed by atoms with Gasteiger partial charge in [-0.05, 0) is 54.0 Å². The standard InChI is InChI=1S/C30H33F2N9O/c1-17(2)14-36-27-23-12-19(11-18(13-33)25(23)37-16-38-27)39-26(24(34)15-41(35)30(8-9-30)29(31)32)21-5-4-6-22-20(21)7-10-40(3)28(22)42/h4-7,10-12,15-17,26,29,39H,8-9,14,34-35H2,1-3H3,(H,36,37,38)/b24-15-. The summed E-state index contributed by atoms with van der Waals surface area (Å²) in [7, 11) is 1.66. The Labute approximate surface area is 241 Å². The first-order valence-corrected chi connectivity index (χ1v) is 13.6. The molecule has 6 N–H and O–H groups in total. The van der Waals surface area contributed by atoms with Gasteiger partial charge < -0.3 is 25.9 Å². The first kappa shape index (κ1) is 28.8. The summed E-state index contributed by atoms with van der Waals surface area (Å²) in [5.41, 5.74) is 7.07. The molecule has 1 saturated carbocycles. The van der Waals surface area contributed by atoms with E-state index in [-0.39, 0.29) is 24.1 Å². The van der Waals surface area contributed by atoms with Gasteiger partial charge in [0.05, 0.1) is 22.8 Å². The van der Waals surface area contributed by atoms with Crippen LogP contribution >= 0.6 is 0 Å². The summed E-state index contributed by atoms with van der Waals surface area (Å²) < 4.78 is 29.1. The van der Waals surface area contributed by atoms with Crippen LogP contribution in [-0.2, 0) is 7.05 Å². The van der Waals surface area contributed by atoms with Crippen molar-refractivity contribution < 1.29 is 8.78 Å². The van der Waals surface area contributed by atoms with Gasteiger partial charge >= 0.3 is 0 Å². The molecule has 2 aromatic carbocycles. The third-order valence-corrected chi connectivity index (χ3v) is 7.62. The Morgan fingerprint density at radius 3 is 2.64 bits per heavy atom. The van der Waals surface area contributed by atoms with E-state index in [1.165, 1.54) is 17.1 Å². The molecule has 42 heavy (non-hydrogen) atoms. The van der Waals surface area contributed by atoms with Crippen LogP contribution in [0, 0.1) is 17.2 Å². The number of nitriles is 1. The minimum absolute atomic E-state index is 0.152. The zero-order valence-electron chi connectivity index (χ0n) is 23.6. The number of benzene rings is 2. The van der Waals surface area contributed by atoms with Gasteiger partial charge in [0, 0.05) is 42.4 Å². The van der Waals surface area contributed by atoms with Gasteiger partial charge in [0.1, 0.15) is 23.8 Å². The lowest BCUT2D eigenvalue weighted by atomic mass is 9.97. The topological polar surface area (TPSA) is 151 Å². The first-order chi connectivity index (χ1) is 20.1. The molecule has 12 heteroatoms. The second-order valence-electron chi connectivity index (χ2n) is 11.1. The minimum Gasteiger partial charge on any atom is -0.399 e. The lowest BCUT2D eigenvalue weighted by Gasteiger charge is -2.28. The second-order valence-corrected chi connectivity index (χ2v) is 11.1. The summed E-state index contributed by atoms with van der Waals surface area (Å²) in [6.45, 7) is 4.80. The zero-order valence-corrected chi connectivity index (χ0v) is 23.6. The number of hydrogen-bond acceptors (Lipinski definition) is 9. The van der Waals surface area contributed by atoms with Gasteiger partial charge in [0.25, 0.3) is 12.0 Å². The van der Waals surface area contributed by atoms with E-state index in [2.05, 4.69) is 40.5 Å². The van der Waals surface area contributed by atoms with Gasteiger partial charge in [-0.15, -0.1) is 0 Å². The molecule has 1 unspecified atom stereocenters. The Kier molecular flexibility index (Phi) is 7.71. The second kappa shape index (κ2) is 11.3. The van der Waals surface area contributed by atoms with E-state index in [1.807, 2.05) is 12.1 Å². The molecule has 4 aromatic rings. The molecule has 0 aliphatic heterocycles. The number of pyridine rings is 1. The highest BCUT2D eigenvalue weighted by Gasteiger charge is 2.54. The van der Waals surface area contributed by atoms with Gasteiger partial charge in [-0.2, -0.15) is 5.26 Å². The molecular weight excluding hydrogens is 540 g/mol. The Balaban J connectivity index is 1.65. The van der Waals surface area contributed by atoms with E-state index in [4.69, 9.17) is 11.6 Å². The van der Waals surface area contributed by atoms with Gasteiger partial charge in [-0.1, -0.05) is 26.0 Å². The number of halogens is 2. The normalized spacial score (nSPS) is 15.2. The van der Waals surface area contributed by atoms with Gasteiger partial charge in [0.2, 0.25) is 0 Å². The maximum atomic E-state index is 13.8. The fourth-order valence-electron chi connectivity index (χ4n) is 5.02. The van der Waals surface area contributed by atoms with E-state index < -0.39 is 18.0 Å². The summed E-state index contributed by atoms with van der Waals surface area (Å²) in [6.07, 6.45) is 2.23. The molecule has 1 atom stereocenters. The number of nitrogens with one attached hydrogen (secondary N) is 2. The van der Waals surface area contributed by atoms with Crippen molar-refractivity contribution in [3.8, 4) is 6.07 Å². The van der Waals surface area contributed by atoms with E-state index >= 15 is 0 Å². The van der Waals surface area contributed by atoms with E-state index in [1.54, 1.807) is 37.5 Å². The average Bonchev–Trinajstić information content (AvgIpc) is 3.79. The Morgan fingerprint density at radius 2 is 1.98 bits per heavy atom. The fourth-order valence-corrected chi connectivity index (χ4v) is 5.02. The zero-order chi connectivity index (χ0) is 30.2. The molecule has 1 aliphatic rings. The molecule has 218 valence electrons. The Morgan fingerprint density at radius 1 is 1.21 bits per heavy atom. The van der Waals surface area contributed by atoms with Crippen LogP contribution < -0.4 is 27.8 Å². The van der Waals surface area contributed by atoms with Crippen molar-refractivity contribution in [1.29, 1.82) is 5.26 Å². The van der Waals surface area contributed by atoms with Gasteiger partial charge in [-0.3, -0.25) is 4.79 Å². The number of rotatable bonds is 10. The molecule has 0 saturated heterocycles. The van der Waals surface area contributed by atoms with E-state index in [9.17, 15) is 18.8 Å². The van der Waals surface area contributed by atoms with Gasteiger partial charge in [-0.25, -0.2) is 24.6 Å². The highest BCUT2D eigenvalue weighted by Crippen LogP contribution is 2.46. The monoisotopic (exact) mass is 573 g/mol. The van der Waals surface area contributed by atoms with Crippen LogP contribution in [-0.4, -0.2) is 38.1 Å². The van der Waals surface area contributed by atoms with Gasteiger partial charge in [0.15, 0.2) is 0 Å². The first-order valence-electron chi connectivity index (χ1n) is 13.6. The summed E-state index contributed by atoms with van der Waals surface area (Å²) in [5.74, 6) is 7.05. The summed E-state index contributed by atoms with van der Waals surface area (Å²) >= 11 is 0. The van der Waals surface area contributed by atoms with Crippen LogP contribution in [0.3, 0.4) is 0 Å². The van der Waals surface area contributed by atoms with Crippen molar-refractivity contribution in [2.24, 2.45) is 24.5 Å². The smallest absolute Gasteiger partial charge is 0.262 e. The quantitative estimate of drug-likeness (QED) is 0.160. The molecule has 0 radical (unpaired) electrons. The number of aryl methyl sites for hydroxylation is 1. The fraction of sp³-hybridized carbons (Fsp3) is 0.333. The summed E-state index contributed by atoms with van der Waals surface area (Å²) in [6, 6.07) is 11.9. The van der Waals surface area contributed by atoms with Crippen molar-refractivity contribution in [3.05, 3.63) is 82.3 Å². The van der Waals surface area contributed by atoms with Crippen LogP contribution in [0.4, 0.5) is 20.3 Å². The number of nitrogens with zero attached hydrogens (tertiary/aromatic N) is 5. The minimum atomic E-state index is -2.64. The SMILES string of the molecule is CC(C)CNc1ncnc2c(C#N)cc(NC(/C(N)=C/N(N)C3(C(F)F)CC3)c3cccc4c(=O)n(C)ccc34)cc12. The van der Waals surface area contributed by atoms with Crippen LogP contribution in [0.5, 0.6) is 0 Å². The van der Waals surface area contributed by atoms with Crippen molar-refractivity contribution in [3.63, 3.8) is 0 Å². The third kappa shape index (κ3) is 5.31. The highest BCUT2D eigenvalue weighted by molar-refractivity contribution is 5.95. The number of alkyl halides is 2. The Bertz CT molecular complexity index is 1770. The molecule has 2 aromatic heterocycles. The van der Waals surface area contributed by atoms with Crippen molar-refractivity contribution >= 4 is 33.2 Å². The maximum absolute atomic E-state index is 13.8. The third-order valence-electron chi connectivity index (χ3n) is 7.62. The Hall–Kier alpha value is -4.76. The van der Waals surface area contributed by atoms with Crippen molar-refractivity contribution in [2.75, 3.05) is 17.2 Å². The van der Waals surface area contributed by atoms with Crippen molar-refractivity contribution in [2.45, 2.75) is 44.7 Å². The lowest BCUT2D eigenvalue weighted by Crippen LogP contribution is -2.44. The number of aromatic nitrogens is 3. The summed E-state index contributed by atoms with van der Waals surface area (Å²) in [5, 5.41) is 19.4. The molecule has 1 aliphatic carbocycles. The number of nitrogens with two attached hydrogens (primary N) is 2. The number of hydrogen-bond donors (Lipinski definition) is 4. The molecule has 0 amide bonds.